The number of amides is 1. The molecule has 1 aliphatic rings. The van der Waals surface area contributed by atoms with Crippen molar-refractivity contribution in [1.29, 1.82) is 0 Å². The van der Waals surface area contributed by atoms with Crippen LogP contribution in [0.3, 0.4) is 0 Å². The van der Waals surface area contributed by atoms with Gasteiger partial charge in [0, 0.05) is 11.8 Å². The minimum absolute atomic E-state index is 0.148. The molecular weight excluding hydrogens is 378 g/mol. The summed E-state index contributed by atoms with van der Waals surface area (Å²) < 4.78 is 54.3. The molecular formula is C18H18F2N2O4S. The number of halogens is 2. The second-order valence-electron chi connectivity index (χ2n) is 6.16. The van der Waals surface area contributed by atoms with Crippen molar-refractivity contribution in [3.05, 3.63) is 48.2 Å². The fraction of sp³-hybridized carbons (Fsp3) is 0.333. The Morgan fingerprint density at radius 2 is 1.81 bits per heavy atom. The van der Waals surface area contributed by atoms with Crippen LogP contribution in [-0.4, -0.2) is 31.2 Å². The van der Waals surface area contributed by atoms with Crippen molar-refractivity contribution in [2.45, 2.75) is 42.4 Å². The lowest BCUT2D eigenvalue weighted by atomic mass is 10.2. The highest BCUT2D eigenvalue weighted by Crippen LogP contribution is 2.30. The quantitative estimate of drug-likeness (QED) is 0.806. The van der Waals surface area contributed by atoms with Crippen molar-refractivity contribution in [1.82, 2.24) is 4.98 Å². The van der Waals surface area contributed by atoms with Gasteiger partial charge in [-0.05, 0) is 49.2 Å². The molecule has 0 atom stereocenters. The molecule has 1 N–H and O–H groups in total. The van der Waals surface area contributed by atoms with Crippen LogP contribution in [0.5, 0.6) is 5.75 Å². The summed E-state index contributed by atoms with van der Waals surface area (Å²) in [5.74, 6) is -1.02. The van der Waals surface area contributed by atoms with E-state index in [4.69, 9.17) is 0 Å². The standard InChI is InChI=1S/C18H18F2N2O4S/c19-18(20)26-15-6-3-11-21-16(15)22-17(23)12-7-9-14(10-8-12)27(24,25)13-4-1-2-5-13/h3,6-11,13,18H,1-2,4-5H2,(H,21,22,23). The van der Waals surface area contributed by atoms with Gasteiger partial charge in [-0.3, -0.25) is 4.79 Å². The Bertz CT molecular complexity index is 911. The molecule has 27 heavy (non-hydrogen) atoms. The molecule has 1 fully saturated rings. The number of carbonyl (C=O) groups is 1. The van der Waals surface area contributed by atoms with Crippen molar-refractivity contribution < 1.29 is 26.7 Å². The maximum absolute atomic E-state index is 12.6. The molecule has 0 unspecified atom stereocenters. The highest BCUT2D eigenvalue weighted by Gasteiger charge is 2.30. The Balaban J connectivity index is 1.75. The number of benzene rings is 1. The second kappa shape index (κ2) is 7.99. The van der Waals surface area contributed by atoms with Gasteiger partial charge in [0.15, 0.2) is 21.4 Å². The zero-order chi connectivity index (χ0) is 19.4. The van der Waals surface area contributed by atoms with Gasteiger partial charge < -0.3 is 10.1 Å². The lowest BCUT2D eigenvalue weighted by Crippen LogP contribution is -2.18. The van der Waals surface area contributed by atoms with E-state index in [1.807, 2.05) is 0 Å². The largest absolute Gasteiger partial charge is 0.431 e. The Morgan fingerprint density at radius 3 is 2.44 bits per heavy atom. The minimum Gasteiger partial charge on any atom is -0.431 e. The fourth-order valence-corrected chi connectivity index (χ4v) is 4.90. The number of rotatable bonds is 6. The normalized spacial score (nSPS) is 15.1. The lowest BCUT2D eigenvalue weighted by molar-refractivity contribution is -0.0495. The molecule has 1 aromatic heterocycles. The summed E-state index contributed by atoms with van der Waals surface area (Å²) in [5.41, 5.74) is 0.175. The van der Waals surface area contributed by atoms with Gasteiger partial charge in [0.2, 0.25) is 0 Å². The molecule has 9 heteroatoms. The van der Waals surface area contributed by atoms with E-state index in [1.165, 1.54) is 42.6 Å². The van der Waals surface area contributed by atoms with Gasteiger partial charge in [0.25, 0.3) is 5.91 Å². The molecule has 0 aliphatic heterocycles. The highest BCUT2D eigenvalue weighted by atomic mass is 32.2. The first-order valence-electron chi connectivity index (χ1n) is 8.43. The number of nitrogens with one attached hydrogen (secondary N) is 1. The first kappa shape index (κ1) is 19.2. The van der Waals surface area contributed by atoms with Gasteiger partial charge in [-0.25, -0.2) is 13.4 Å². The number of nitrogens with zero attached hydrogens (tertiary/aromatic N) is 1. The number of hydrogen-bond donors (Lipinski definition) is 1. The third kappa shape index (κ3) is 4.41. The molecule has 1 aromatic carbocycles. The molecule has 1 aliphatic carbocycles. The number of pyridine rings is 1. The van der Waals surface area contributed by atoms with Crippen molar-refractivity contribution >= 4 is 21.6 Å². The van der Waals surface area contributed by atoms with Crippen LogP contribution in [0.15, 0.2) is 47.5 Å². The molecule has 0 spiro atoms. The number of sulfone groups is 1. The number of carbonyl (C=O) groups excluding carboxylic acids is 1. The molecule has 1 saturated carbocycles. The molecule has 3 rings (SSSR count). The molecule has 2 aromatic rings. The highest BCUT2D eigenvalue weighted by molar-refractivity contribution is 7.92. The monoisotopic (exact) mass is 396 g/mol. The van der Waals surface area contributed by atoms with E-state index in [2.05, 4.69) is 15.0 Å². The van der Waals surface area contributed by atoms with Gasteiger partial charge in [-0.2, -0.15) is 8.78 Å². The lowest BCUT2D eigenvalue weighted by Gasteiger charge is -2.12. The first-order valence-corrected chi connectivity index (χ1v) is 9.97. The fourth-order valence-electron chi connectivity index (χ4n) is 3.04. The summed E-state index contributed by atoms with van der Waals surface area (Å²) >= 11 is 0. The number of anilines is 1. The average molecular weight is 396 g/mol. The van der Waals surface area contributed by atoms with Crippen LogP contribution in [0.1, 0.15) is 36.0 Å². The van der Waals surface area contributed by atoms with E-state index in [0.717, 1.165) is 12.8 Å². The summed E-state index contributed by atoms with van der Waals surface area (Å²) in [7, 11) is -3.41. The minimum atomic E-state index is -3.41. The molecule has 1 amide bonds. The van der Waals surface area contributed by atoms with Gasteiger partial charge in [-0.15, -0.1) is 0 Å². The van der Waals surface area contributed by atoms with Crippen molar-refractivity contribution in [2.75, 3.05) is 5.32 Å². The third-order valence-electron chi connectivity index (χ3n) is 4.40. The molecule has 0 bridgehead atoms. The predicted molar refractivity (Wildman–Crippen MR) is 94.7 cm³/mol. The van der Waals surface area contributed by atoms with E-state index in [1.54, 1.807) is 0 Å². The van der Waals surface area contributed by atoms with Gasteiger partial charge in [-0.1, -0.05) is 12.8 Å². The van der Waals surface area contributed by atoms with Crippen LogP contribution in [0.2, 0.25) is 0 Å². The van der Waals surface area contributed by atoms with E-state index in [9.17, 15) is 22.0 Å². The maximum atomic E-state index is 12.6. The summed E-state index contributed by atoms with van der Waals surface area (Å²) in [6.07, 6.45) is 4.43. The Labute approximate surface area is 155 Å². The van der Waals surface area contributed by atoms with E-state index >= 15 is 0 Å². The van der Waals surface area contributed by atoms with Crippen molar-refractivity contribution in [2.24, 2.45) is 0 Å². The van der Waals surface area contributed by atoms with Crippen LogP contribution < -0.4 is 10.1 Å². The van der Waals surface area contributed by atoms with Gasteiger partial charge in [0.05, 0.1) is 10.1 Å². The molecule has 0 radical (unpaired) electrons. The SMILES string of the molecule is O=C(Nc1ncccc1OC(F)F)c1ccc(S(=O)(=O)C2CCCC2)cc1. The van der Waals surface area contributed by atoms with Crippen LogP contribution in [0.25, 0.3) is 0 Å². The zero-order valence-corrected chi connectivity index (χ0v) is 15.1. The zero-order valence-electron chi connectivity index (χ0n) is 14.3. The Kier molecular flexibility index (Phi) is 5.69. The van der Waals surface area contributed by atoms with Gasteiger partial charge >= 0.3 is 6.61 Å². The van der Waals surface area contributed by atoms with Gasteiger partial charge in [0.1, 0.15) is 0 Å². The number of alkyl halides is 2. The van der Waals surface area contributed by atoms with Crippen molar-refractivity contribution in [3.63, 3.8) is 0 Å². The summed E-state index contributed by atoms with van der Waals surface area (Å²) in [5, 5.41) is 2.01. The number of aromatic nitrogens is 1. The molecule has 0 saturated heterocycles. The van der Waals surface area contributed by atoms with Crippen molar-refractivity contribution in [3.8, 4) is 5.75 Å². The molecule has 1 heterocycles. The average Bonchev–Trinajstić information content (AvgIpc) is 3.18. The van der Waals surface area contributed by atoms with Crippen LogP contribution >= 0.6 is 0 Å². The summed E-state index contributed by atoms with van der Waals surface area (Å²) in [6.45, 7) is -3.05. The maximum Gasteiger partial charge on any atom is 0.387 e. The Hall–Kier alpha value is -2.55. The first-order chi connectivity index (χ1) is 12.9. The molecule has 144 valence electrons. The summed E-state index contributed by atoms with van der Waals surface area (Å²) in [6, 6.07) is 8.19. The third-order valence-corrected chi connectivity index (χ3v) is 6.68. The number of ether oxygens (including phenoxy) is 1. The van der Waals surface area contributed by atoms with E-state index in [-0.39, 0.29) is 27.3 Å². The van der Waals surface area contributed by atoms with Crippen LogP contribution in [0.4, 0.5) is 14.6 Å². The predicted octanol–water partition coefficient (Wildman–Crippen LogP) is 3.65. The van der Waals surface area contributed by atoms with Crippen LogP contribution in [-0.2, 0) is 9.84 Å². The topological polar surface area (TPSA) is 85.4 Å². The second-order valence-corrected chi connectivity index (χ2v) is 8.39. The van der Waals surface area contributed by atoms with Crippen LogP contribution in [0, 0.1) is 0 Å². The smallest absolute Gasteiger partial charge is 0.387 e. The molecule has 6 nitrogen and oxygen atoms in total. The van der Waals surface area contributed by atoms with E-state index < -0.39 is 22.4 Å². The Morgan fingerprint density at radius 1 is 1.15 bits per heavy atom. The number of hydrogen-bond acceptors (Lipinski definition) is 5. The van der Waals surface area contributed by atoms with E-state index in [0.29, 0.717) is 12.8 Å². The summed E-state index contributed by atoms with van der Waals surface area (Å²) in [4.78, 5) is 16.3.